The Balaban J connectivity index is 2.06. The molecule has 1 atom stereocenters. The van der Waals surface area contributed by atoms with Gasteiger partial charge < -0.3 is 18.9 Å². The van der Waals surface area contributed by atoms with Crippen molar-refractivity contribution in [3.63, 3.8) is 0 Å². The van der Waals surface area contributed by atoms with E-state index in [2.05, 4.69) is 19.9 Å². The molecule has 9 heteroatoms. The van der Waals surface area contributed by atoms with E-state index in [4.69, 9.17) is 23.9 Å². The Morgan fingerprint density at radius 1 is 1.07 bits per heavy atom. The standard InChI is InChI=1S/C32H38N2O6S/c1-9-11-24-28(31(36)40-10-2)29(23-17-21(37-6)12-13-25(23)38-7)34-30(35)27(41-32(34)33-24)16-20-15-22(18(3)4)26(39-8)14-19(20)5/h12-18,29H,9-11H2,1-8H3/b27-16-/t29-/m1/s1. The molecule has 41 heavy (non-hydrogen) atoms. The molecule has 1 aromatic heterocycles. The fourth-order valence-corrected chi connectivity index (χ4v) is 6.12. The number of carbonyl (C=O) groups is 1. The number of esters is 1. The average molecular weight is 579 g/mol. The first-order chi connectivity index (χ1) is 19.7. The van der Waals surface area contributed by atoms with Gasteiger partial charge in [-0.25, -0.2) is 9.79 Å². The van der Waals surface area contributed by atoms with Crippen LogP contribution in [0, 0.1) is 6.92 Å². The van der Waals surface area contributed by atoms with Gasteiger partial charge in [0.1, 0.15) is 23.3 Å². The van der Waals surface area contributed by atoms with E-state index in [1.54, 1.807) is 51.0 Å². The van der Waals surface area contributed by atoms with Gasteiger partial charge in [0.25, 0.3) is 5.56 Å². The molecule has 0 unspecified atom stereocenters. The van der Waals surface area contributed by atoms with Crippen LogP contribution in [-0.2, 0) is 9.53 Å². The van der Waals surface area contributed by atoms with Crippen LogP contribution in [0.5, 0.6) is 17.2 Å². The maximum Gasteiger partial charge on any atom is 0.338 e. The molecule has 0 radical (unpaired) electrons. The Labute approximate surface area is 244 Å². The van der Waals surface area contributed by atoms with E-state index in [1.165, 1.54) is 11.3 Å². The number of methoxy groups -OCH3 is 3. The van der Waals surface area contributed by atoms with Crippen molar-refractivity contribution in [2.24, 2.45) is 4.99 Å². The van der Waals surface area contributed by atoms with E-state index >= 15 is 0 Å². The molecule has 0 aliphatic carbocycles. The average Bonchev–Trinajstić information content (AvgIpc) is 3.26. The zero-order valence-electron chi connectivity index (χ0n) is 25.0. The summed E-state index contributed by atoms with van der Waals surface area (Å²) in [6, 6.07) is 8.64. The third-order valence-corrected chi connectivity index (χ3v) is 8.13. The molecule has 1 aliphatic heterocycles. The quantitative estimate of drug-likeness (QED) is 0.314. The molecule has 8 nitrogen and oxygen atoms in total. The number of aryl methyl sites for hydroxylation is 1. The molecule has 0 spiro atoms. The highest BCUT2D eigenvalue weighted by Gasteiger charge is 2.36. The van der Waals surface area contributed by atoms with Crippen molar-refractivity contribution in [3.8, 4) is 17.2 Å². The van der Waals surface area contributed by atoms with Gasteiger partial charge in [0.05, 0.1) is 43.7 Å². The molecule has 218 valence electrons. The Morgan fingerprint density at radius 2 is 1.80 bits per heavy atom. The lowest BCUT2D eigenvalue weighted by Crippen LogP contribution is -2.40. The maximum atomic E-state index is 14.2. The number of ether oxygens (including phenoxy) is 4. The Bertz CT molecular complexity index is 1660. The van der Waals surface area contributed by atoms with Crippen LogP contribution in [-0.4, -0.2) is 38.5 Å². The van der Waals surface area contributed by atoms with Gasteiger partial charge in [-0.15, -0.1) is 0 Å². The van der Waals surface area contributed by atoms with E-state index in [0.717, 1.165) is 28.9 Å². The van der Waals surface area contributed by atoms with Crippen molar-refractivity contribution >= 4 is 23.4 Å². The number of carbonyl (C=O) groups excluding carboxylic acids is 1. The molecule has 3 aromatic rings. The number of fused-ring (bicyclic) bond motifs is 1. The van der Waals surface area contributed by atoms with Crippen LogP contribution in [0.3, 0.4) is 0 Å². The first kappa shape index (κ1) is 30.1. The zero-order valence-corrected chi connectivity index (χ0v) is 25.8. The second-order valence-corrected chi connectivity index (χ2v) is 11.1. The molecule has 2 aromatic carbocycles. The monoisotopic (exact) mass is 578 g/mol. The number of aromatic nitrogens is 1. The molecule has 4 rings (SSSR count). The molecule has 2 heterocycles. The van der Waals surface area contributed by atoms with E-state index in [0.29, 0.717) is 44.1 Å². The highest BCUT2D eigenvalue weighted by molar-refractivity contribution is 7.07. The normalized spacial score (nSPS) is 15.0. The maximum absolute atomic E-state index is 14.2. The second kappa shape index (κ2) is 12.8. The van der Waals surface area contributed by atoms with Gasteiger partial charge in [-0.05, 0) is 79.3 Å². The third kappa shape index (κ3) is 5.81. The SMILES string of the molecule is CCCC1=C(C(=O)OCC)[C@@H](c2cc(OC)ccc2OC)n2c(s/c(=C\c3cc(C(C)C)c(OC)cc3C)c2=O)=N1. The van der Waals surface area contributed by atoms with E-state index in [9.17, 15) is 9.59 Å². The largest absolute Gasteiger partial charge is 0.497 e. The topological polar surface area (TPSA) is 88.4 Å². The van der Waals surface area contributed by atoms with Crippen molar-refractivity contribution in [1.82, 2.24) is 4.57 Å². The van der Waals surface area contributed by atoms with Gasteiger partial charge in [-0.3, -0.25) is 9.36 Å². The molecule has 1 aliphatic rings. The number of hydrogen-bond donors (Lipinski definition) is 0. The fourth-order valence-electron chi connectivity index (χ4n) is 5.11. The third-order valence-electron chi connectivity index (χ3n) is 7.15. The van der Waals surface area contributed by atoms with Crippen LogP contribution >= 0.6 is 11.3 Å². The van der Waals surface area contributed by atoms with Crippen LogP contribution < -0.4 is 29.1 Å². The van der Waals surface area contributed by atoms with Gasteiger partial charge in [0.2, 0.25) is 0 Å². The molecule has 0 bridgehead atoms. The summed E-state index contributed by atoms with van der Waals surface area (Å²) in [6.07, 6.45) is 3.22. The lowest BCUT2D eigenvalue weighted by atomic mass is 9.93. The molecule has 0 saturated carbocycles. The summed E-state index contributed by atoms with van der Waals surface area (Å²) in [5.74, 6) is 1.66. The predicted octanol–water partition coefficient (Wildman–Crippen LogP) is 5.04. The highest BCUT2D eigenvalue weighted by atomic mass is 32.1. The van der Waals surface area contributed by atoms with Gasteiger partial charge >= 0.3 is 5.97 Å². The summed E-state index contributed by atoms with van der Waals surface area (Å²) in [5, 5.41) is 0. The zero-order chi connectivity index (χ0) is 29.8. The van der Waals surface area contributed by atoms with Crippen molar-refractivity contribution < 1.29 is 23.7 Å². The summed E-state index contributed by atoms with van der Waals surface area (Å²) in [6.45, 7) is 10.2. The summed E-state index contributed by atoms with van der Waals surface area (Å²) >= 11 is 1.31. The Kier molecular flexibility index (Phi) is 9.38. The summed E-state index contributed by atoms with van der Waals surface area (Å²) in [5.41, 5.74) is 4.29. The van der Waals surface area contributed by atoms with Crippen LogP contribution in [0.4, 0.5) is 0 Å². The van der Waals surface area contributed by atoms with Crippen LogP contribution in [0.1, 0.15) is 74.8 Å². The molecular formula is C32H38N2O6S. The van der Waals surface area contributed by atoms with Crippen molar-refractivity contribution in [2.75, 3.05) is 27.9 Å². The van der Waals surface area contributed by atoms with Crippen molar-refractivity contribution in [1.29, 1.82) is 0 Å². The number of allylic oxidation sites excluding steroid dienone is 1. The lowest BCUT2D eigenvalue weighted by Gasteiger charge is -2.27. The number of benzene rings is 2. The van der Waals surface area contributed by atoms with E-state index in [-0.39, 0.29) is 18.1 Å². The minimum Gasteiger partial charge on any atom is -0.497 e. The van der Waals surface area contributed by atoms with Crippen molar-refractivity contribution in [2.45, 2.75) is 59.4 Å². The fraction of sp³-hybridized carbons (Fsp3) is 0.406. The van der Waals surface area contributed by atoms with Gasteiger partial charge in [0.15, 0.2) is 4.80 Å². The van der Waals surface area contributed by atoms with Gasteiger partial charge in [-0.1, -0.05) is 38.5 Å². The van der Waals surface area contributed by atoms with Crippen molar-refractivity contribution in [3.05, 3.63) is 83.5 Å². The number of rotatable bonds is 10. The lowest BCUT2D eigenvalue weighted by molar-refractivity contribution is -0.139. The minimum absolute atomic E-state index is 0.197. The number of hydrogen-bond acceptors (Lipinski definition) is 8. The van der Waals surface area contributed by atoms with Gasteiger partial charge in [0, 0.05) is 5.56 Å². The summed E-state index contributed by atoms with van der Waals surface area (Å²) < 4.78 is 24.5. The number of thiazole rings is 1. The second-order valence-electron chi connectivity index (χ2n) is 10.1. The van der Waals surface area contributed by atoms with Crippen LogP contribution in [0.25, 0.3) is 6.08 Å². The predicted molar refractivity (Wildman–Crippen MR) is 161 cm³/mol. The van der Waals surface area contributed by atoms with E-state index in [1.807, 2.05) is 26.0 Å². The first-order valence-electron chi connectivity index (χ1n) is 13.8. The van der Waals surface area contributed by atoms with Gasteiger partial charge in [-0.2, -0.15) is 0 Å². The molecule has 0 fully saturated rings. The van der Waals surface area contributed by atoms with Crippen LogP contribution in [0.2, 0.25) is 0 Å². The smallest absolute Gasteiger partial charge is 0.338 e. The molecular weight excluding hydrogens is 540 g/mol. The Morgan fingerprint density at radius 3 is 2.41 bits per heavy atom. The highest BCUT2D eigenvalue weighted by Crippen LogP contribution is 2.39. The Hall–Kier alpha value is -3.85. The minimum atomic E-state index is -0.803. The first-order valence-corrected chi connectivity index (χ1v) is 14.6. The molecule has 0 N–H and O–H groups in total. The van der Waals surface area contributed by atoms with E-state index < -0.39 is 12.0 Å². The molecule has 0 saturated heterocycles. The molecule has 0 amide bonds. The summed E-state index contributed by atoms with van der Waals surface area (Å²) in [7, 11) is 4.80. The van der Waals surface area contributed by atoms with Crippen LogP contribution in [0.15, 0.2) is 51.4 Å². The summed E-state index contributed by atoms with van der Waals surface area (Å²) in [4.78, 5) is 33.1. The number of nitrogens with zero attached hydrogens (tertiary/aromatic N) is 2.